The molecule has 0 aliphatic rings. The lowest BCUT2D eigenvalue weighted by Crippen LogP contribution is -2.22. The third-order valence-corrected chi connectivity index (χ3v) is 4.70. The number of anilines is 1. The molecule has 152 valence electrons. The van der Waals surface area contributed by atoms with Crippen LogP contribution in [0.15, 0.2) is 72.9 Å². The Hall–Kier alpha value is -3.67. The van der Waals surface area contributed by atoms with Crippen LogP contribution >= 0.6 is 0 Å². The molecule has 0 aliphatic carbocycles. The van der Waals surface area contributed by atoms with Gasteiger partial charge in [-0.05, 0) is 35.0 Å². The highest BCUT2D eigenvalue weighted by molar-refractivity contribution is 5.91. The van der Waals surface area contributed by atoms with Crippen molar-refractivity contribution in [1.29, 1.82) is 0 Å². The first-order chi connectivity index (χ1) is 14.4. The van der Waals surface area contributed by atoms with Gasteiger partial charge in [0.25, 0.3) is 5.91 Å². The summed E-state index contributed by atoms with van der Waals surface area (Å²) in [5.41, 5.74) is 0.695. The van der Waals surface area contributed by atoms with Crippen LogP contribution in [-0.2, 0) is 10.2 Å². The highest BCUT2D eigenvalue weighted by Gasteiger charge is 2.22. The monoisotopic (exact) mass is 400 g/mol. The number of rotatable bonds is 5. The lowest BCUT2D eigenvalue weighted by molar-refractivity contribution is -0.118. The molecule has 0 radical (unpaired) electrons. The predicted molar refractivity (Wildman–Crippen MR) is 118 cm³/mol. The van der Waals surface area contributed by atoms with Crippen LogP contribution in [-0.4, -0.2) is 27.3 Å². The molecule has 0 spiro atoms. The van der Waals surface area contributed by atoms with Crippen molar-refractivity contribution in [3.05, 3.63) is 78.6 Å². The second kappa shape index (κ2) is 7.99. The van der Waals surface area contributed by atoms with Gasteiger partial charge in [-0.25, -0.2) is 4.98 Å². The molecule has 6 nitrogen and oxygen atoms in total. The van der Waals surface area contributed by atoms with Crippen molar-refractivity contribution >= 4 is 22.5 Å². The van der Waals surface area contributed by atoms with Crippen molar-refractivity contribution in [2.75, 3.05) is 11.9 Å². The van der Waals surface area contributed by atoms with E-state index in [4.69, 9.17) is 4.74 Å². The largest absolute Gasteiger partial charge is 0.484 e. The molecule has 1 N–H and O–H groups in total. The number of amides is 1. The molecule has 6 heteroatoms. The minimum Gasteiger partial charge on any atom is -0.484 e. The van der Waals surface area contributed by atoms with Crippen molar-refractivity contribution < 1.29 is 9.53 Å². The molecule has 0 unspecified atom stereocenters. The Kier molecular flexibility index (Phi) is 5.23. The Balaban J connectivity index is 1.51. The quantitative estimate of drug-likeness (QED) is 0.526. The summed E-state index contributed by atoms with van der Waals surface area (Å²) in [6.07, 6.45) is 1.70. The highest BCUT2D eigenvalue weighted by Crippen LogP contribution is 2.26. The average molecular weight is 400 g/mol. The predicted octanol–water partition coefficient (Wildman–Crippen LogP) is 4.74. The zero-order valence-electron chi connectivity index (χ0n) is 17.3. The Labute approximate surface area is 175 Å². The first kappa shape index (κ1) is 19.6. The molecule has 0 saturated heterocycles. The van der Waals surface area contributed by atoms with Gasteiger partial charge in [-0.3, -0.25) is 4.79 Å². The van der Waals surface area contributed by atoms with Crippen molar-refractivity contribution in [2.24, 2.45) is 0 Å². The third kappa shape index (κ3) is 4.33. The van der Waals surface area contributed by atoms with Crippen LogP contribution < -0.4 is 10.1 Å². The molecule has 2 aromatic carbocycles. The van der Waals surface area contributed by atoms with E-state index in [1.54, 1.807) is 10.9 Å². The van der Waals surface area contributed by atoms with Gasteiger partial charge in [0.2, 0.25) is 0 Å². The molecular formula is C24H24N4O2. The van der Waals surface area contributed by atoms with E-state index in [1.165, 1.54) is 0 Å². The molecule has 0 atom stereocenters. The normalized spacial score (nSPS) is 11.4. The first-order valence-corrected chi connectivity index (χ1v) is 9.83. The average Bonchev–Trinajstić information content (AvgIpc) is 3.17. The van der Waals surface area contributed by atoms with Crippen molar-refractivity contribution in [2.45, 2.75) is 26.2 Å². The summed E-state index contributed by atoms with van der Waals surface area (Å²) < 4.78 is 7.36. The number of nitrogens with zero attached hydrogens (tertiary/aromatic N) is 3. The van der Waals surface area contributed by atoms with Crippen molar-refractivity contribution in [3.63, 3.8) is 0 Å². The number of nitrogens with one attached hydrogen (secondary N) is 1. The number of ether oxygens (including phenoxy) is 1. The minimum absolute atomic E-state index is 0.101. The number of hydrogen-bond acceptors (Lipinski definition) is 4. The topological polar surface area (TPSA) is 69.0 Å². The summed E-state index contributed by atoms with van der Waals surface area (Å²) >= 11 is 0. The molecular weight excluding hydrogens is 376 g/mol. The second-order valence-electron chi connectivity index (χ2n) is 8.11. The first-order valence-electron chi connectivity index (χ1n) is 9.83. The molecule has 1 amide bonds. The van der Waals surface area contributed by atoms with Crippen LogP contribution in [0.25, 0.3) is 16.6 Å². The highest BCUT2D eigenvalue weighted by atomic mass is 16.5. The fraction of sp³-hybridized carbons (Fsp3) is 0.208. The fourth-order valence-electron chi connectivity index (χ4n) is 3.08. The number of fused-ring (bicyclic) bond motifs is 1. The Morgan fingerprint density at radius 3 is 2.50 bits per heavy atom. The van der Waals surface area contributed by atoms with Gasteiger partial charge in [0.05, 0.1) is 5.69 Å². The summed E-state index contributed by atoms with van der Waals surface area (Å²) in [6.45, 7) is 6.13. The number of benzene rings is 2. The maximum absolute atomic E-state index is 12.6. The molecule has 0 fully saturated rings. The van der Waals surface area contributed by atoms with Gasteiger partial charge in [0.1, 0.15) is 11.6 Å². The van der Waals surface area contributed by atoms with E-state index in [0.717, 1.165) is 16.5 Å². The van der Waals surface area contributed by atoms with E-state index < -0.39 is 0 Å². The SMILES string of the molecule is CC(C)(C)c1cc(NC(=O)COc2ccc3ccccc3c2)n(-c2ccccn2)n1. The Bertz CT molecular complexity index is 1180. The molecule has 4 aromatic rings. The van der Waals surface area contributed by atoms with Gasteiger partial charge in [0.15, 0.2) is 12.4 Å². The maximum atomic E-state index is 12.6. The van der Waals surface area contributed by atoms with Gasteiger partial charge in [-0.1, -0.05) is 57.2 Å². The van der Waals surface area contributed by atoms with E-state index in [-0.39, 0.29) is 17.9 Å². The zero-order chi connectivity index (χ0) is 21.1. The third-order valence-electron chi connectivity index (χ3n) is 4.70. The van der Waals surface area contributed by atoms with Crippen LogP contribution in [0.2, 0.25) is 0 Å². The summed E-state index contributed by atoms with van der Waals surface area (Å²) in [5.74, 6) is 1.59. The lowest BCUT2D eigenvalue weighted by Gasteiger charge is -2.13. The summed E-state index contributed by atoms with van der Waals surface area (Å²) in [6, 6.07) is 21.3. The summed E-state index contributed by atoms with van der Waals surface area (Å²) in [7, 11) is 0. The molecule has 30 heavy (non-hydrogen) atoms. The van der Waals surface area contributed by atoms with Gasteiger partial charge in [0, 0.05) is 17.7 Å². The van der Waals surface area contributed by atoms with Crippen LogP contribution in [0, 0.1) is 0 Å². The number of hydrogen-bond donors (Lipinski definition) is 1. The van der Waals surface area contributed by atoms with Gasteiger partial charge in [-0.15, -0.1) is 0 Å². The maximum Gasteiger partial charge on any atom is 0.263 e. The Morgan fingerprint density at radius 1 is 1.00 bits per heavy atom. The van der Waals surface area contributed by atoms with Crippen LogP contribution in [0.1, 0.15) is 26.5 Å². The molecule has 0 saturated carbocycles. The van der Waals surface area contributed by atoms with Gasteiger partial charge >= 0.3 is 0 Å². The molecule has 2 aromatic heterocycles. The summed E-state index contributed by atoms with van der Waals surface area (Å²) in [5, 5.41) is 9.76. The van der Waals surface area contributed by atoms with Gasteiger partial charge < -0.3 is 10.1 Å². The number of aromatic nitrogens is 3. The van der Waals surface area contributed by atoms with Crippen LogP contribution in [0.3, 0.4) is 0 Å². The lowest BCUT2D eigenvalue weighted by atomic mass is 9.92. The minimum atomic E-state index is -0.263. The Morgan fingerprint density at radius 2 is 1.77 bits per heavy atom. The molecule has 0 bridgehead atoms. The van der Waals surface area contributed by atoms with E-state index in [1.807, 2.05) is 66.7 Å². The number of carbonyl (C=O) groups excluding carboxylic acids is 1. The standard InChI is InChI=1S/C24H24N4O2/c1-24(2,3)20-15-22(28(27-20)21-10-6-7-13-25-21)26-23(29)16-30-19-12-11-17-8-4-5-9-18(17)14-19/h4-15H,16H2,1-3H3,(H,26,29). The number of carbonyl (C=O) groups is 1. The van der Waals surface area contributed by atoms with E-state index >= 15 is 0 Å². The van der Waals surface area contributed by atoms with Crippen LogP contribution in [0.4, 0.5) is 5.82 Å². The van der Waals surface area contributed by atoms with E-state index in [0.29, 0.717) is 17.4 Å². The molecule has 4 rings (SSSR count). The molecule has 0 aliphatic heterocycles. The summed E-state index contributed by atoms with van der Waals surface area (Å²) in [4.78, 5) is 16.9. The molecule has 2 heterocycles. The zero-order valence-corrected chi connectivity index (χ0v) is 17.3. The van der Waals surface area contributed by atoms with Gasteiger partial charge in [-0.2, -0.15) is 9.78 Å². The van der Waals surface area contributed by atoms with E-state index in [9.17, 15) is 4.79 Å². The van der Waals surface area contributed by atoms with Crippen LogP contribution in [0.5, 0.6) is 5.75 Å². The fourth-order valence-corrected chi connectivity index (χ4v) is 3.08. The smallest absolute Gasteiger partial charge is 0.263 e. The van der Waals surface area contributed by atoms with E-state index in [2.05, 4.69) is 36.2 Å². The second-order valence-corrected chi connectivity index (χ2v) is 8.11. The van der Waals surface area contributed by atoms with Crippen molar-refractivity contribution in [1.82, 2.24) is 14.8 Å². The number of pyridine rings is 1. The van der Waals surface area contributed by atoms with Crippen molar-refractivity contribution in [3.8, 4) is 11.6 Å².